The molecule has 0 aliphatic rings. The maximum absolute atomic E-state index is 12.4. The molecule has 0 unspecified atom stereocenters. The van der Waals surface area contributed by atoms with Crippen molar-refractivity contribution in [2.24, 2.45) is 4.99 Å². The Morgan fingerprint density at radius 1 is 1.18 bits per heavy atom. The third-order valence-electron chi connectivity index (χ3n) is 4.09. The summed E-state index contributed by atoms with van der Waals surface area (Å²) in [4.78, 5) is 20.7. The van der Waals surface area contributed by atoms with Crippen molar-refractivity contribution in [1.82, 2.24) is 15.1 Å². The van der Waals surface area contributed by atoms with Crippen LogP contribution in [0.3, 0.4) is 0 Å². The number of hydrogen-bond donors (Lipinski definition) is 1. The van der Waals surface area contributed by atoms with E-state index in [-0.39, 0.29) is 36.4 Å². The minimum Gasteiger partial charge on any atom is -0.493 e. The number of aliphatic imine (C=N–C) groups is 1. The molecule has 0 spiro atoms. The van der Waals surface area contributed by atoms with E-state index in [1.165, 1.54) is 0 Å². The van der Waals surface area contributed by atoms with Gasteiger partial charge in [0, 0.05) is 26.7 Å². The van der Waals surface area contributed by atoms with E-state index >= 15 is 0 Å². The second-order valence-electron chi connectivity index (χ2n) is 5.91. The third kappa shape index (κ3) is 7.65. The molecule has 1 rings (SSSR count). The van der Waals surface area contributed by atoms with Gasteiger partial charge in [-0.15, -0.1) is 24.0 Å². The standard InChI is InChI=1S/C19H31BrN4O3.HI/c1-7-21-19(23(4)13-17(25)24(8-2)9-3)22-12-14-10-15(20)18(27-6)16(11-14)26-5;/h10-11H,7-9,12-13H2,1-6H3,(H,21,22);1H. The largest absolute Gasteiger partial charge is 0.493 e. The lowest BCUT2D eigenvalue weighted by atomic mass is 10.2. The van der Waals surface area contributed by atoms with Crippen LogP contribution < -0.4 is 14.8 Å². The highest BCUT2D eigenvalue weighted by Gasteiger charge is 2.15. The first kappa shape index (κ1) is 26.8. The highest BCUT2D eigenvalue weighted by Crippen LogP contribution is 2.36. The lowest BCUT2D eigenvalue weighted by molar-refractivity contribution is -0.131. The second-order valence-corrected chi connectivity index (χ2v) is 6.76. The summed E-state index contributed by atoms with van der Waals surface area (Å²) < 4.78 is 11.5. The molecule has 0 aliphatic heterocycles. The van der Waals surface area contributed by atoms with Crippen molar-refractivity contribution in [3.63, 3.8) is 0 Å². The van der Waals surface area contributed by atoms with E-state index < -0.39 is 0 Å². The normalized spacial score (nSPS) is 10.8. The number of nitrogens with zero attached hydrogens (tertiary/aromatic N) is 3. The van der Waals surface area contributed by atoms with Gasteiger partial charge in [0.2, 0.25) is 5.91 Å². The maximum Gasteiger partial charge on any atom is 0.242 e. The molecule has 0 aromatic heterocycles. The highest BCUT2D eigenvalue weighted by atomic mass is 127. The Labute approximate surface area is 194 Å². The van der Waals surface area contributed by atoms with Crippen molar-refractivity contribution in [3.8, 4) is 11.5 Å². The number of benzene rings is 1. The number of carbonyl (C=O) groups is 1. The van der Waals surface area contributed by atoms with Crippen LogP contribution in [0.4, 0.5) is 0 Å². The van der Waals surface area contributed by atoms with Crippen molar-refractivity contribution >= 4 is 51.8 Å². The van der Waals surface area contributed by atoms with Gasteiger partial charge in [-0.05, 0) is 54.4 Å². The first-order chi connectivity index (χ1) is 12.9. The molecule has 0 radical (unpaired) electrons. The zero-order valence-electron chi connectivity index (χ0n) is 17.5. The van der Waals surface area contributed by atoms with Gasteiger partial charge in [-0.25, -0.2) is 4.99 Å². The Hall–Kier alpha value is -1.23. The van der Waals surface area contributed by atoms with Crippen LogP contribution >= 0.6 is 39.9 Å². The highest BCUT2D eigenvalue weighted by molar-refractivity contribution is 14.0. The molecule has 0 fully saturated rings. The summed E-state index contributed by atoms with van der Waals surface area (Å²) in [5, 5.41) is 3.24. The zero-order valence-corrected chi connectivity index (χ0v) is 21.5. The van der Waals surface area contributed by atoms with E-state index in [1.54, 1.807) is 14.2 Å². The number of ether oxygens (including phenoxy) is 2. The molecular formula is C19H32BrIN4O3. The van der Waals surface area contributed by atoms with E-state index in [1.807, 2.05) is 49.8 Å². The topological polar surface area (TPSA) is 66.4 Å². The van der Waals surface area contributed by atoms with Gasteiger partial charge in [0.15, 0.2) is 17.5 Å². The van der Waals surface area contributed by atoms with Crippen molar-refractivity contribution in [2.45, 2.75) is 27.3 Å². The van der Waals surface area contributed by atoms with Crippen LogP contribution in [-0.4, -0.2) is 69.1 Å². The molecule has 0 saturated heterocycles. The molecule has 0 heterocycles. The summed E-state index contributed by atoms with van der Waals surface area (Å²) in [5.41, 5.74) is 0.971. The average Bonchev–Trinajstić information content (AvgIpc) is 2.65. The Morgan fingerprint density at radius 2 is 1.82 bits per heavy atom. The van der Waals surface area contributed by atoms with Crippen LogP contribution in [-0.2, 0) is 11.3 Å². The number of rotatable bonds is 9. The minimum absolute atomic E-state index is 0. The third-order valence-corrected chi connectivity index (χ3v) is 4.68. The second kappa shape index (κ2) is 13.9. The summed E-state index contributed by atoms with van der Waals surface area (Å²) in [5.74, 6) is 2.07. The lowest BCUT2D eigenvalue weighted by Crippen LogP contribution is -2.45. The molecule has 0 aliphatic carbocycles. The van der Waals surface area contributed by atoms with Gasteiger partial charge in [0.05, 0.1) is 31.8 Å². The molecule has 1 amide bonds. The molecule has 28 heavy (non-hydrogen) atoms. The number of guanidine groups is 1. The number of methoxy groups -OCH3 is 2. The van der Waals surface area contributed by atoms with Crippen LogP contribution in [0.1, 0.15) is 26.3 Å². The predicted octanol–water partition coefficient (Wildman–Crippen LogP) is 3.35. The number of carbonyl (C=O) groups excluding carboxylic acids is 1. The van der Waals surface area contributed by atoms with Crippen LogP contribution in [0.15, 0.2) is 21.6 Å². The number of likely N-dealkylation sites (N-methyl/N-ethyl adjacent to an activating group) is 2. The summed E-state index contributed by atoms with van der Waals surface area (Å²) in [7, 11) is 5.08. The molecule has 0 atom stereocenters. The Bertz CT molecular complexity index is 654. The van der Waals surface area contributed by atoms with Crippen molar-refractivity contribution in [1.29, 1.82) is 0 Å². The monoisotopic (exact) mass is 570 g/mol. The first-order valence-corrected chi connectivity index (χ1v) is 9.88. The molecule has 9 heteroatoms. The zero-order chi connectivity index (χ0) is 20.4. The molecule has 1 aromatic carbocycles. The number of nitrogens with one attached hydrogen (secondary N) is 1. The van der Waals surface area contributed by atoms with Crippen LogP contribution in [0.5, 0.6) is 11.5 Å². The van der Waals surface area contributed by atoms with Crippen LogP contribution in [0.2, 0.25) is 0 Å². The van der Waals surface area contributed by atoms with E-state index in [4.69, 9.17) is 9.47 Å². The lowest BCUT2D eigenvalue weighted by Gasteiger charge is -2.25. The Kier molecular flexibility index (Phi) is 13.3. The van der Waals surface area contributed by atoms with Crippen LogP contribution in [0, 0.1) is 0 Å². The quantitative estimate of drug-likeness (QED) is 0.280. The average molecular weight is 571 g/mol. The van der Waals surface area contributed by atoms with Crippen molar-refractivity contribution in [2.75, 3.05) is 47.4 Å². The van der Waals surface area contributed by atoms with Crippen molar-refractivity contribution in [3.05, 3.63) is 22.2 Å². The number of amides is 1. The molecule has 1 N–H and O–H groups in total. The molecule has 0 bridgehead atoms. The molecule has 0 saturated carbocycles. The fourth-order valence-corrected chi connectivity index (χ4v) is 3.30. The van der Waals surface area contributed by atoms with E-state index in [9.17, 15) is 4.79 Å². The van der Waals surface area contributed by atoms with Gasteiger partial charge in [0.25, 0.3) is 0 Å². The smallest absolute Gasteiger partial charge is 0.242 e. The number of hydrogen-bond acceptors (Lipinski definition) is 4. The van der Waals surface area contributed by atoms with Crippen LogP contribution in [0.25, 0.3) is 0 Å². The van der Waals surface area contributed by atoms with Gasteiger partial charge in [-0.2, -0.15) is 0 Å². The maximum atomic E-state index is 12.4. The Morgan fingerprint density at radius 3 is 2.32 bits per heavy atom. The number of halogens is 2. The molecular weight excluding hydrogens is 539 g/mol. The molecule has 7 nitrogen and oxygen atoms in total. The van der Waals surface area contributed by atoms with E-state index in [0.717, 1.165) is 16.6 Å². The predicted molar refractivity (Wildman–Crippen MR) is 128 cm³/mol. The summed E-state index contributed by atoms with van der Waals surface area (Å²) >= 11 is 3.50. The van der Waals surface area contributed by atoms with Gasteiger partial charge in [0.1, 0.15) is 0 Å². The fraction of sp³-hybridized carbons (Fsp3) is 0.579. The minimum atomic E-state index is 0. The van der Waals surface area contributed by atoms with Gasteiger partial charge in [-0.1, -0.05) is 0 Å². The first-order valence-electron chi connectivity index (χ1n) is 9.09. The molecule has 160 valence electrons. The Balaban J connectivity index is 0.00000729. The summed E-state index contributed by atoms with van der Waals surface area (Å²) in [6, 6.07) is 3.85. The van der Waals surface area contributed by atoms with Gasteiger partial charge < -0.3 is 24.6 Å². The van der Waals surface area contributed by atoms with Crippen molar-refractivity contribution < 1.29 is 14.3 Å². The van der Waals surface area contributed by atoms with E-state index in [2.05, 4.69) is 26.2 Å². The van der Waals surface area contributed by atoms with Gasteiger partial charge >= 0.3 is 0 Å². The summed E-state index contributed by atoms with van der Waals surface area (Å²) in [6.45, 7) is 8.83. The fourth-order valence-electron chi connectivity index (χ4n) is 2.65. The molecule has 1 aromatic rings. The summed E-state index contributed by atoms with van der Waals surface area (Å²) in [6.07, 6.45) is 0. The SMILES string of the molecule is CCNC(=NCc1cc(Br)c(OC)c(OC)c1)N(C)CC(=O)N(CC)CC.I. The van der Waals surface area contributed by atoms with Gasteiger partial charge in [-0.3, -0.25) is 4.79 Å². The van der Waals surface area contributed by atoms with E-state index in [0.29, 0.717) is 37.1 Å².